The number of sulfonamides is 1. The van der Waals surface area contributed by atoms with Crippen LogP contribution in [-0.4, -0.2) is 33.9 Å². The van der Waals surface area contributed by atoms with Gasteiger partial charge in [-0.05, 0) is 44.1 Å². The second kappa shape index (κ2) is 5.98. The number of ether oxygens (including phenoxy) is 1. The Balaban J connectivity index is 2.13. The molecule has 2 rings (SSSR count). The lowest BCUT2D eigenvalue weighted by Gasteiger charge is -2.23. The molecular formula is C12H17ClN2O3S. The SMILES string of the molecule is COc1ccc(NS(=O)(=O)C2CCNCC2)cc1Cl. The summed E-state index contributed by atoms with van der Waals surface area (Å²) in [6.45, 7) is 1.46. The van der Waals surface area contributed by atoms with Gasteiger partial charge in [0.2, 0.25) is 10.0 Å². The van der Waals surface area contributed by atoms with Crippen molar-refractivity contribution < 1.29 is 13.2 Å². The number of piperidine rings is 1. The van der Waals surface area contributed by atoms with Gasteiger partial charge in [0.15, 0.2) is 0 Å². The molecule has 0 atom stereocenters. The molecule has 7 heteroatoms. The van der Waals surface area contributed by atoms with Crippen LogP contribution in [0.1, 0.15) is 12.8 Å². The van der Waals surface area contributed by atoms with Crippen LogP contribution >= 0.6 is 11.6 Å². The van der Waals surface area contributed by atoms with Gasteiger partial charge in [-0.25, -0.2) is 8.42 Å². The van der Waals surface area contributed by atoms with Crippen molar-refractivity contribution in [2.24, 2.45) is 0 Å². The first-order chi connectivity index (χ1) is 9.03. The number of halogens is 1. The Morgan fingerprint density at radius 3 is 2.63 bits per heavy atom. The number of hydrogen-bond donors (Lipinski definition) is 2. The molecule has 1 aliphatic rings. The van der Waals surface area contributed by atoms with E-state index in [2.05, 4.69) is 10.0 Å². The maximum Gasteiger partial charge on any atom is 0.235 e. The van der Waals surface area contributed by atoms with Gasteiger partial charge in [0.05, 0.1) is 23.1 Å². The highest BCUT2D eigenvalue weighted by Gasteiger charge is 2.27. The minimum atomic E-state index is -3.36. The van der Waals surface area contributed by atoms with Crippen molar-refractivity contribution in [2.45, 2.75) is 18.1 Å². The number of benzene rings is 1. The summed E-state index contributed by atoms with van der Waals surface area (Å²) in [5, 5.41) is 3.18. The summed E-state index contributed by atoms with van der Waals surface area (Å²) in [5.74, 6) is 0.520. The maximum atomic E-state index is 12.2. The van der Waals surface area contributed by atoms with E-state index in [1.807, 2.05) is 0 Å². The summed E-state index contributed by atoms with van der Waals surface area (Å²) in [6, 6.07) is 4.84. The van der Waals surface area contributed by atoms with Gasteiger partial charge in [-0.15, -0.1) is 0 Å². The molecule has 2 N–H and O–H groups in total. The van der Waals surface area contributed by atoms with Crippen molar-refractivity contribution in [2.75, 3.05) is 24.9 Å². The van der Waals surface area contributed by atoms with Crippen LogP contribution in [0.25, 0.3) is 0 Å². The normalized spacial score (nSPS) is 17.2. The number of anilines is 1. The summed E-state index contributed by atoms with van der Waals surface area (Å²) < 4.78 is 32.0. The topological polar surface area (TPSA) is 67.4 Å². The Kier molecular flexibility index (Phi) is 4.54. The highest BCUT2D eigenvalue weighted by atomic mass is 35.5. The Hall–Kier alpha value is -0.980. The van der Waals surface area contributed by atoms with E-state index >= 15 is 0 Å². The molecule has 0 aliphatic carbocycles. The minimum absolute atomic E-state index is 0.352. The van der Waals surface area contributed by atoms with E-state index in [4.69, 9.17) is 16.3 Å². The summed E-state index contributed by atoms with van der Waals surface area (Å²) in [4.78, 5) is 0. The largest absolute Gasteiger partial charge is 0.495 e. The molecular weight excluding hydrogens is 288 g/mol. The van der Waals surface area contributed by atoms with E-state index in [1.54, 1.807) is 18.2 Å². The maximum absolute atomic E-state index is 12.2. The highest BCUT2D eigenvalue weighted by molar-refractivity contribution is 7.93. The van der Waals surface area contributed by atoms with E-state index in [9.17, 15) is 8.42 Å². The van der Waals surface area contributed by atoms with E-state index in [0.717, 1.165) is 13.1 Å². The van der Waals surface area contributed by atoms with Gasteiger partial charge in [0, 0.05) is 0 Å². The quantitative estimate of drug-likeness (QED) is 0.891. The van der Waals surface area contributed by atoms with Crippen LogP contribution in [-0.2, 0) is 10.0 Å². The first-order valence-corrected chi connectivity index (χ1v) is 8.01. The number of rotatable bonds is 4. The predicted molar refractivity (Wildman–Crippen MR) is 76.4 cm³/mol. The predicted octanol–water partition coefficient (Wildman–Crippen LogP) is 1.84. The lowest BCUT2D eigenvalue weighted by molar-refractivity contribution is 0.415. The third-order valence-corrected chi connectivity index (χ3v) is 5.30. The van der Waals surface area contributed by atoms with Crippen LogP contribution in [0.3, 0.4) is 0 Å². The number of nitrogens with one attached hydrogen (secondary N) is 2. The van der Waals surface area contributed by atoms with Gasteiger partial charge < -0.3 is 10.1 Å². The fourth-order valence-electron chi connectivity index (χ4n) is 2.08. The van der Waals surface area contributed by atoms with Crippen LogP contribution in [0.5, 0.6) is 5.75 Å². The summed E-state index contributed by atoms with van der Waals surface area (Å²) in [5.41, 5.74) is 0.462. The Morgan fingerprint density at radius 1 is 1.37 bits per heavy atom. The average molecular weight is 305 g/mol. The molecule has 0 amide bonds. The zero-order valence-electron chi connectivity index (χ0n) is 10.6. The van der Waals surface area contributed by atoms with E-state index in [1.165, 1.54) is 7.11 Å². The zero-order valence-corrected chi connectivity index (χ0v) is 12.2. The molecule has 0 aromatic heterocycles. The van der Waals surface area contributed by atoms with Gasteiger partial charge in [-0.1, -0.05) is 11.6 Å². The number of hydrogen-bond acceptors (Lipinski definition) is 4. The fraction of sp³-hybridized carbons (Fsp3) is 0.500. The van der Waals surface area contributed by atoms with Crippen molar-refractivity contribution in [3.8, 4) is 5.75 Å². The van der Waals surface area contributed by atoms with Crippen molar-refractivity contribution in [1.82, 2.24) is 5.32 Å². The van der Waals surface area contributed by atoms with Gasteiger partial charge >= 0.3 is 0 Å². The van der Waals surface area contributed by atoms with E-state index in [-0.39, 0.29) is 5.25 Å². The van der Waals surface area contributed by atoms with Crippen molar-refractivity contribution >= 4 is 27.3 Å². The molecule has 0 radical (unpaired) electrons. The average Bonchev–Trinajstić information content (AvgIpc) is 2.39. The van der Waals surface area contributed by atoms with Crippen molar-refractivity contribution in [3.05, 3.63) is 23.2 Å². The second-order valence-electron chi connectivity index (χ2n) is 4.45. The fourth-order valence-corrected chi connectivity index (χ4v) is 3.82. The summed E-state index contributed by atoms with van der Waals surface area (Å²) >= 11 is 5.97. The molecule has 1 saturated heterocycles. The van der Waals surface area contributed by atoms with E-state index < -0.39 is 10.0 Å². The Morgan fingerprint density at radius 2 is 2.05 bits per heavy atom. The molecule has 1 fully saturated rings. The molecule has 0 spiro atoms. The monoisotopic (exact) mass is 304 g/mol. The van der Waals surface area contributed by atoms with E-state index in [0.29, 0.717) is 29.3 Å². The van der Waals surface area contributed by atoms with Gasteiger partial charge in [-0.2, -0.15) is 0 Å². The van der Waals surface area contributed by atoms with Crippen molar-refractivity contribution in [1.29, 1.82) is 0 Å². The Labute approximate surface area is 118 Å². The van der Waals surface area contributed by atoms with Crippen molar-refractivity contribution in [3.63, 3.8) is 0 Å². The molecule has 0 bridgehead atoms. The number of methoxy groups -OCH3 is 1. The third-order valence-electron chi connectivity index (χ3n) is 3.14. The van der Waals surface area contributed by atoms with Crippen LogP contribution < -0.4 is 14.8 Å². The summed E-state index contributed by atoms with van der Waals surface area (Å²) in [7, 11) is -1.85. The summed E-state index contributed by atoms with van der Waals surface area (Å²) in [6.07, 6.45) is 1.25. The standard InChI is InChI=1S/C12H17ClN2O3S/c1-18-12-3-2-9(8-11(12)13)15-19(16,17)10-4-6-14-7-5-10/h2-3,8,10,14-15H,4-7H2,1H3. The first-order valence-electron chi connectivity index (χ1n) is 6.09. The molecule has 1 aliphatic heterocycles. The third kappa shape index (κ3) is 3.52. The molecule has 5 nitrogen and oxygen atoms in total. The molecule has 1 heterocycles. The molecule has 1 aromatic rings. The molecule has 106 valence electrons. The van der Waals surface area contributed by atoms with Gasteiger partial charge in [-0.3, -0.25) is 4.72 Å². The van der Waals surface area contributed by atoms with Crippen LogP contribution in [0, 0.1) is 0 Å². The first kappa shape index (κ1) is 14.4. The molecule has 1 aromatic carbocycles. The Bertz CT molecular complexity index is 542. The lowest BCUT2D eigenvalue weighted by Crippen LogP contribution is -2.38. The minimum Gasteiger partial charge on any atom is -0.495 e. The smallest absolute Gasteiger partial charge is 0.235 e. The van der Waals surface area contributed by atoms with Gasteiger partial charge in [0.25, 0.3) is 0 Å². The van der Waals surface area contributed by atoms with Crippen LogP contribution in [0.15, 0.2) is 18.2 Å². The van der Waals surface area contributed by atoms with Crippen LogP contribution in [0.4, 0.5) is 5.69 Å². The lowest BCUT2D eigenvalue weighted by atomic mass is 10.2. The molecule has 19 heavy (non-hydrogen) atoms. The highest BCUT2D eigenvalue weighted by Crippen LogP contribution is 2.28. The molecule has 0 unspecified atom stereocenters. The van der Waals surface area contributed by atoms with Gasteiger partial charge in [0.1, 0.15) is 5.75 Å². The second-order valence-corrected chi connectivity index (χ2v) is 6.81. The van der Waals surface area contributed by atoms with Crippen LogP contribution in [0.2, 0.25) is 5.02 Å². The molecule has 0 saturated carbocycles. The zero-order chi connectivity index (χ0) is 13.9.